The Bertz CT molecular complexity index is 1400. The van der Waals surface area contributed by atoms with E-state index in [1.807, 2.05) is 37.3 Å². The van der Waals surface area contributed by atoms with Crippen LogP contribution in [0.15, 0.2) is 59.5 Å². The maximum atomic E-state index is 13.0. The highest BCUT2D eigenvalue weighted by Gasteiger charge is 2.26. The topological polar surface area (TPSA) is 115 Å². The van der Waals surface area contributed by atoms with E-state index in [0.29, 0.717) is 30.4 Å². The molecule has 3 N–H and O–H groups in total. The third-order valence-corrected chi connectivity index (χ3v) is 7.94. The van der Waals surface area contributed by atoms with Crippen molar-refractivity contribution in [2.45, 2.75) is 37.5 Å². The summed E-state index contributed by atoms with van der Waals surface area (Å²) < 4.78 is 29.2. The van der Waals surface area contributed by atoms with Crippen molar-refractivity contribution < 1.29 is 17.9 Å². The lowest BCUT2D eigenvalue weighted by atomic mass is 10.2. The van der Waals surface area contributed by atoms with Crippen molar-refractivity contribution >= 4 is 32.8 Å². The molecule has 2 aromatic carbocycles. The van der Waals surface area contributed by atoms with Crippen LogP contribution in [-0.2, 0) is 10.0 Å². The van der Waals surface area contributed by atoms with E-state index in [2.05, 4.69) is 20.4 Å². The minimum absolute atomic E-state index is 0.209. The van der Waals surface area contributed by atoms with Gasteiger partial charge in [0.15, 0.2) is 5.52 Å². The number of nitrogens with one attached hydrogen (secondary N) is 3. The molecule has 1 saturated heterocycles. The Morgan fingerprint density at radius 1 is 1.03 bits per heavy atom. The largest absolute Gasteiger partial charge is 0.374 e. The normalized spacial score (nSPS) is 15.3. The average molecular weight is 480 g/mol. The zero-order chi connectivity index (χ0) is 23.7. The summed E-state index contributed by atoms with van der Waals surface area (Å²) in [5.41, 5.74) is 2.91. The fourth-order valence-electron chi connectivity index (χ4n) is 4.24. The minimum Gasteiger partial charge on any atom is -0.258 e. The zero-order valence-corrected chi connectivity index (χ0v) is 19.7. The van der Waals surface area contributed by atoms with Gasteiger partial charge in [-0.3, -0.25) is 20.2 Å². The number of hydrogen-bond acceptors (Lipinski definition) is 4. The lowest BCUT2D eigenvalue weighted by molar-refractivity contribution is -0.648. The minimum atomic E-state index is -3.56. The first-order valence-electron chi connectivity index (χ1n) is 11.4. The number of sulfonamides is 1. The third-order valence-electron chi connectivity index (χ3n) is 6.03. The highest BCUT2D eigenvalue weighted by atomic mass is 32.2. The Kier molecular flexibility index (Phi) is 5.93. The molecule has 4 aromatic rings. The SMILES string of the molecule is Cc1cc(NC(=O)c2ccc(S(=O)(=O)N3CCCCCC3)cc2)[n+](-c2nc3ccccc3[nH]2)[nH]1. The maximum absolute atomic E-state index is 13.0. The molecule has 3 heterocycles. The van der Waals surface area contributed by atoms with Crippen molar-refractivity contribution in [1.29, 1.82) is 0 Å². The fourth-order valence-corrected chi connectivity index (χ4v) is 5.76. The maximum Gasteiger partial charge on any atom is 0.374 e. The number of aromatic amines is 2. The van der Waals surface area contributed by atoms with Gasteiger partial charge in [0.25, 0.3) is 5.91 Å². The molecule has 1 fully saturated rings. The second kappa shape index (κ2) is 9.03. The summed E-state index contributed by atoms with van der Waals surface area (Å²) in [6.07, 6.45) is 3.86. The number of para-hydroxylation sites is 2. The molecule has 0 atom stereocenters. The number of imidazole rings is 1. The van der Waals surface area contributed by atoms with Crippen molar-refractivity contribution in [3.63, 3.8) is 0 Å². The van der Waals surface area contributed by atoms with Crippen LogP contribution in [0, 0.1) is 6.92 Å². The van der Waals surface area contributed by atoms with Crippen LogP contribution in [-0.4, -0.2) is 46.8 Å². The van der Waals surface area contributed by atoms with Crippen LogP contribution < -0.4 is 10.00 Å². The number of carbonyl (C=O) groups excluding carboxylic acids is 1. The smallest absolute Gasteiger partial charge is 0.258 e. The number of nitrogens with zero attached hydrogens (tertiary/aromatic N) is 3. The first-order valence-corrected chi connectivity index (χ1v) is 12.8. The van der Waals surface area contributed by atoms with Crippen LogP contribution in [0.4, 0.5) is 5.82 Å². The highest BCUT2D eigenvalue weighted by molar-refractivity contribution is 7.89. The summed E-state index contributed by atoms with van der Waals surface area (Å²) in [6.45, 7) is 2.97. The van der Waals surface area contributed by atoms with Gasteiger partial charge in [0, 0.05) is 24.8 Å². The first kappa shape index (κ1) is 22.3. The van der Waals surface area contributed by atoms with Gasteiger partial charge in [-0.1, -0.05) is 25.0 Å². The van der Waals surface area contributed by atoms with Gasteiger partial charge >= 0.3 is 5.95 Å². The molecule has 176 valence electrons. The Morgan fingerprint density at radius 2 is 1.74 bits per heavy atom. The van der Waals surface area contributed by atoms with Gasteiger partial charge in [0.1, 0.15) is 5.52 Å². The van der Waals surface area contributed by atoms with E-state index < -0.39 is 10.0 Å². The molecular formula is C24H27N6O3S+. The van der Waals surface area contributed by atoms with Gasteiger partial charge in [-0.15, -0.1) is 9.67 Å². The summed E-state index contributed by atoms with van der Waals surface area (Å²) >= 11 is 0. The number of aromatic nitrogens is 4. The summed E-state index contributed by atoms with van der Waals surface area (Å²) in [5.74, 6) is 0.717. The number of fused-ring (bicyclic) bond motifs is 1. The van der Waals surface area contributed by atoms with Gasteiger partial charge in [0.2, 0.25) is 15.8 Å². The summed E-state index contributed by atoms with van der Waals surface area (Å²) in [6, 6.07) is 15.6. The predicted molar refractivity (Wildman–Crippen MR) is 128 cm³/mol. The van der Waals surface area contributed by atoms with Gasteiger partial charge < -0.3 is 0 Å². The van der Waals surface area contributed by atoms with E-state index in [4.69, 9.17) is 0 Å². The van der Waals surface area contributed by atoms with E-state index >= 15 is 0 Å². The van der Waals surface area contributed by atoms with Crippen LogP contribution in [0.5, 0.6) is 0 Å². The van der Waals surface area contributed by atoms with Gasteiger partial charge in [-0.05, 0) is 56.2 Å². The van der Waals surface area contributed by atoms with Crippen LogP contribution in [0.25, 0.3) is 17.0 Å². The molecule has 34 heavy (non-hydrogen) atoms. The van der Waals surface area contributed by atoms with Crippen molar-refractivity contribution in [3.8, 4) is 5.95 Å². The Balaban J connectivity index is 1.36. The number of aryl methyl sites for hydroxylation is 1. The third kappa shape index (κ3) is 4.34. The summed E-state index contributed by atoms with van der Waals surface area (Å²) in [7, 11) is -3.56. The number of H-pyrrole nitrogens is 2. The second-order valence-electron chi connectivity index (χ2n) is 8.53. The molecule has 0 saturated carbocycles. The molecule has 0 aliphatic carbocycles. The molecule has 0 bridgehead atoms. The van der Waals surface area contributed by atoms with E-state index in [-0.39, 0.29) is 10.8 Å². The zero-order valence-electron chi connectivity index (χ0n) is 18.9. The van der Waals surface area contributed by atoms with Crippen LogP contribution in [0.1, 0.15) is 41.7 Å². The first-order chi connectivity index (χ1) is 16.4. The number of benzene rings is 2. The van der Waals surface area contributed by atoms with E-state index in [9.17, 15) is 13.2 Å². The molecule has 5 rings (SSSR count). The number of rotatable bonds is 5. The standard InChI is InChI=1S/C24H26N6O3S/c1-17-16-22(30(28-17)24-25-20-8-4-5-9-21(20)26-24)27-23(31)18-10-12-19(13-11-18)34(32,33)29-14-6-2-3-7-15-29/h4-5,8-13,16H,2-3,6-7,14-15H2,1H3,(H2,25,26,27,28,31)/p+1. The average Bonchev–Trinajstić information content (AvgIpc) is 3.30. The molecular weight excluding hydrogens is 452 g/mol. The highest BCUT2D eigenvalue weighted by Crippen LogP contribution is 2.21. The molecule has 0 spiro atoms. The number of anilines is 1. The van der Waals surface area contributed by atoms with Gasteiger partial charge in [-0.25, -0.2) is 8.42 Å². The quantitative estimate of drug-likeness (QED) is 0.381. The number of carbonyl (C=O) groups is 1. The molecule has 2 aromatic heterocycles. The molecule has 1 aliphatic heterocycles. The summed E-state index contributed by atoms with van der Waals surface area (Å²) in [5, 5.41) is 6.07. The van der Waals surface area contributed by atoms with Crippen molar-refractivity contribution in [1.82, 2.24) is 19.4 Å². The number of hydrogen-bond donors (Lipinski definition) is 3. The fraction of sp³-hybridized carbons (Fsp3) is 0.292. The van der Waals surface area contributed by atoms with Gasteiger partial charge in [0.05, 0.1) is 10.5 Å². The van der Waals surface area contributed by atoms with E-state index in [1.165, 1.54) is 12.1 Å². The van der Waals surface area contributed by atoms with Crippen molar-refractivity contribution in [2.75, 3.05) is 18.4 Å². The molecule has 10 heteroatoms. The molecule has 1 amide bonds. The van der Waals surface area contributed by atoms with E-state index in [1.54, 1.807) is 21.1 Å². The Labute approximate surface area is 197 Å². The molecule has 0 radical (unpaired) electrons. The summed E-state index contributed by atoms with van der Waals surface area (Å²) in [4.78, 5) is 21.0. The van der Waals surface area contributed by atoms with Crippen molar-refractivity contribution in [3.05, 3.63) is 65.9 Å². The lowest BCUT2D eigenvalue weighted by Gasteiger charge is -2.19. The lowest BCUT2D eigenvalue weighted by Crippen LogP contribution is -2.38. The van der Waals surface area contributed by atoms with E-state index in [0.717, 1.165) is 42.4 Å². The Morgan fingerprint density at radius 3 is 2.44 bits per heavy atom. The van der Waals surface area contributed by atoms with Crippen LogP contribution >= 0.6 is 0 Å². The van der Waals surface area contributed by atoms with Crippen molar-refractivity contribution in [2.24, 2.45) is 0 Å². The second-order valence-corrected chi connectivity index (χ2v) is 10.5. The monoisotopic (exact) mass is 479 g/mol. The molecule has 9 nitrogen and oxygen atoms in total. The Hall–Kier alpha value is -3.50. The van der Waals surface area contributed by atoms with Crippen LogP contribution in [0.2, 0.25) is 0 Å². The number of amides is 1. The molecule has 1 aliphatic rings. The van der Waals surface area contributed by atoms with Gasteiger partial charge in [-0.2, -0.15) is 4.31 Å². The molecule has 0 unspecified atom stereocenters. The predicted octanol–water partition coefficient (Wildman–Crippen LogP) is 3.29. The van der Waals surface area contributed by atoms with Crippen LogP contribution in [0.3, 0.4) is 0 Å².